The largest absolute Gasteiger partial charge is 0.481 e. The number of hydrogen-bond acceptors (Lipinski definition) is 3. The number of sulfonamides is 1. The van der Waals surface area contributed by atoms with Crippen molar-refractivity contribution in [1.29, 1.82) is 0 Å². The molecule has 2 aromatic carbocycles. The smallest absolute Gasteiger partial charge is 0.314 e. The Balaban J connectivity index is 1.85. The van der Waals surface area contributed by atoms with Crippen LogP contribution >= 0.6 is 0 Å². The number of hydrogen-bond donors (Lipinski definition) is 1. The summed E-state index contributed by atoms with van der Waals surface area (Å²) in [6.07, 6.45) is 0.375. The average molecular weight is 363 g/mol. The van der Waals surface area contributed by atoms with Crippen LogP contribution in [0.1, 0.15) is 18.4 Å². The van der Waals surface area contributed by atoms with Gasteiger partial charge in [-0.2, -0.15) is 4.31 Å². The highest BCUT2D eigenvalue weighted by Crippen LogP contribution is 2.37. The summed E-state index contributed by atoms with van der Waals surface area (Å²) in [6.45, 7) is 0.196. The molecule has 0 amide bonds. The second-order valence-corrected chi connectivity index (χ2v) is 8.05. The molecule has 0 saturated carbocycles. The Kier molecular flexibility index (Phi) is 4.62. The maximum absolute atomic E-state index is 13.0. The number of piperidine rings is 1. The highest BCUT2D eigenvalue weighted by molar-refractivity contribution is 7.89. The minimum absolute atomic E-state index is 0.0106. The van der Waals surface area contributed by atoms with Gasteiger partial charge >= 0.3 is 5.97 Å². The lowest BCUT2D eigenvalue weighted by Gasteiger charge is -2.38. The number of rotatable bonds is 4. The molecule has 0 unspecified atom stereocenters. The van der Waals surface area contributed by atoms with Crippen molar-refractivity contribution in [1.82, 2.24) is 4.31 Å². The van der Waals surface area contributed by atoms with E-state index in [9.17, 15) is 22.7 Å². The Morgan fingerprint density at radius 1 is 1.00 bits per heavy atom. The van der Waals surface area contributed by atoms with Gasteiger partial charge in [0.2, 0.25) is 10.0 Å². The number of benzene rings is 2. The zero-order valence-corrected chi connectivity index (χ0v) is 14.2. The maximum atomic E-state index is 13.0. The lowest BCUT2D eigenvalue weighted by molar-refractivity contribution is -0.145. The van der Waals surface area contributed by atoms with E-state index in [4.69, 9.17) is 0 Å². The first kappa shape index (κ1) is 17.6. The van der Waals surface area contributed by atoms with Crippen LogP contribution in [-0.4, -0.2) is 36.9 Å². The van der Waals surface area contributed by atoms with Gasteiger partial charge in [0, 0.05) is 13.1 Å². The summed E-state index contributed by atoms with van der Waals surface area (Å²) < 4.78 is 39.6. The Bertz CT molecular complexity index is 858. The summed E-state index contributed by atoms with van der Waals surface area (Å²) in [4.78, 5) is 11.9. The first-order valence-corrected chi connectivity index (χ1v) is 9.35. The lowest BCUT2D eigenvalue weighted by Crippen LogP contribution is -2.49. The number of nitrogens with zero attached hydrogens (tertiary/aromatic N) is 1. The topological polar surface area (TPSA) is 74.7 Å². The van der Waals surface area contributed by atoms with E-state index in [0.717, 1.165) is 12.1 Å². The van der Waals surface area contributed by atoms with Crippen LogP contribution in [0.25, 0.3) is 0 Å². The van der Waals surface area contributed by atoms with Gasteiger partial charge in [0.15, 0.2) is 0 Å². The molecule has 132 valence electrons. The number of carbonyl (C=O) groups is 1. The minimum Gasteiger partial charge on any atom is -0.481 e. The molecule has 0 bridgehead atoms. The molecule has 1 fully saturated rings. The molecule has 0 radical (unpaired) electrons. The van der Waals surface area contributed by atoms with Crippen molar-refractivity contribution in [2.75, 3.05) is 13.1 Å². The lowest BCUT2D eigenvalue weighted by atomic mass is 9.73. The molecule has 0 aromatic heterocycles. The minimum atomic E-state index is -3.76. The van der Waals surface area contributed by atoms with Gasteiger partial charge < -0.3 is 5.11 Å². The van der Waals surface area contributed by atoms with Gasteiger partial charge in [-0.25, -0.2) is 12.8 Å². The van der Waals surface area contributed by atoms with Crippen LogP contribution in [0.3, 0.4) is 0 Å². The van der Waals surface area contributed by atoms with Crippen molar-refractivity contribution in [2.45, 2.75) is 23.2 Å². The van der Waals surface area contributed by atoms with Crippen molar-refractivity contribution in [3.8, 4) is 0 Å². The van der Waals surface area contributed by atoms with Crippen molar-refractivity contribution >= 4 is 16.0 Å². The van der Waals surface area contributed by atoms with E-state index < -0.39 is 27.2 Å². The highest BCUT2D eigenvalue weighted by Gasteiger charge is 2.45. The van der Waals surface area contributed by atoms with E-state index in [2.05, 4.69) is 0 Å². The molecule has 1 aliphatic heterocycles. The fraction of sp³-hybridized carbons (Fsp3) is 0.278. The van der Waals surface area contributed by atoms with E-state index in [1.807, 2.05) is 6.07 Å². The number of carboxylic acids is 1. The van der Waals surface area contributed by atoms with Crippen molar-refractivity contribution in [3.05, 3.63) is 66.0 Å². The second kappa shape index (κ2) is 6.57. The first-order valence-electron chi connectivity index (χ1n) is 7.91. The van der Waals surface area contributed by atoms with Crippen molar-refractivity contribution < 1.29 is 22.7 Å². The molecule has 0 spiro atoms. The predicted molar refractivity (Wildman–Crippen MR) is 90.1 cm³/mol. The fourth-order valence-electron chi connectivity index (χ4n) is 3.25. The summed E-state index contributed by atoms with van der Waals surface area (Å²) in [5.41, 5.74) is -0.405. The Labute approximate surface area is 145 Å². The van der Waals surface area contributed by atoms with Gasteiger partial charge in [0.25, 0.3) is 0 Å². The number of carboxylic acid groups (broad SMARTS) is 1. The summed E-state index contributed by atoms with van der Waals surface area (Å²) in [5, 5.41) is 9.77. The third-order valence-electron chi connectivity index (χ3n) is 4.76. The van der Waals surface area contributed by atoms with E-state index >= 15 is 0 Å². The summed E-state index contributed by atoms with van der Waals surface area (Å²) in [7, 11) is -3.76. The van der Waals surface area contributed by atoms with Gasteiger partial charge in [-0.05, 0) is 42.7 Å². The quantitative estimate of drug-likeness (QED) is 0.906. The van der Waals surface area contributed by atoms with Gasteiger partial charge in [-0.1, -0.05) is 30.3 Å². The summed E-state index contributed by atoms with van der Waals surface area (Å²) in [5.74, 6) is -1.45. The normalized spacial score (nSPS) is 18.0. The van der Waals surface area contributed by atoms with Crippen LogP contribution in [0.4, 0.5) is 4.39 Å². The number of aliphatic carboxylic acids is 1. The molecule has 25 heavy (non-hydrogen) atoms. The molecule has 0 atom stereocenters. The maximum Gasteiger partial charge on any atom is 0.314 e. The van der Waals surface area contributed by atoms with E-state index in [0.29, 0.717) is 5.56 Å². The fourth-order valence-corrected chi connectivity index (χ4v) is 4.69. The second-order valence-electron chi connectivity index (χ2n) is 6.11. The Morgan fingerprint density at radius 3 is 2.08 bits per heavy atom. The van der Waals surface area contributed by atoms with Crippen molar-refractivity contribution in [3.63, 3.8) is 0 Å². The van der Waals surface area contributed by atoms with E-state index in [1.165, 1.54) is 16.4 Å². The molecular formula is C18H18FNO4S. The van der Waals surface area contributed by atoms with Crippen LogP contribution in [0.2, 0.25) is 0 Å². The summed E-state index contributed by atoms with van der Waals surface area (Å²) >= 11 is 0. The van der Waals surface area contributed by atoms with Crippen LogP contribution in [-0.2, 0) is 20.2 Å². The molecule has 1 N–H and O–H groups in total. The monoisotopic (exact) mass is 363 g/mol. The average Bonchev–Trinajstić information content (AvgIpc) is 2.62. The van der Waals surface area contributed by atoms with Gasteiger partial charge in [0.05, 0.1) is 10.3 Å². The Morgan fingerprint density at radius 2 is 1.56 bits per heavy atom. The first-order chi connectivity index (χ1) is 11.9. The van der Waals surface area contributed by atoms with Gasteiger partial charge in [-0.15, -0.1) is 0 Å². The standard InChI is InChI=1S/C18H18FNO4S/c19-15-6-8-16(9-7-15)25(23,24)20-12-10-18(11-13-20,17(21)22)14-4-2-1-3-5-14/h1-9H,10-13H2,(H,21,22). The molecule has 3 rings (SSSR count). The van der Waals surface area contributed by atoms with E-state index in [1.54, 1.807) is 24.3 Å². The zero-order chi connectivity index (χ0) is 18.1. The predicted octanol–water partition coefficient (Wildman–Crippen LogP) is 2.63. The van der Waals surface area contributed by atoms with Crippen LogP contribution < -0.4 is 0 Å². The molecule has 2 aromatic rings. The van der Waals surface area contributed by atoms with Crippen molar-refractivity contribution in [2.24, 2.45) is 0 Å². The molecule has 7 heteroatoms. The molecule has 5 nitrogen and oxygen atoms in total. The molecule has 1 heterocycles. The molecule has 1 aliphatic rings. The van der Waals surface area contributed by atoms with Crippen LogP contribution in [0.15, 0.2) is 59.5 Å². The third-order valence-corrected chi connectivity index (χ3v) is 6.68. The van der Waals surface area contributed by atoms with E-state index in [-0.39, 0.29) is 30.8 Å². The zero-order valence-electron chi connectivity index (χ0n) is 13.4. The van der Waals surface area contributed by atoms with Gasteiger partial charge in [-0.3, -0.25) is 4.79 Å². The van der Waals surface area contributed by atoms with Crippen LogP contribution in [0.5, 0.6) is 0 Å². The third kappa shape index (κ3) is 3.17. The van der Waals surface area contributed by atoms with Gasteiger partial charge in [0.1, 0.15) is 5.82 Å². The molecule has 0 aliphatic carbocycles. The SMILES string of the molecule is O=C(O)C1(c2ccccc2)CCN(S(=O)(=O)c2ccc(F)cc2)CC1. The highest BCUT2D eigenvalue weighted by atomic mass is 32.2. The number of halogens is 1. The molecular weight excluding hydrogens is 345 g/mol. The van der Waals surface area contributed by atoms with Crippen LogP contribution in [0, 0.1) is 5.82 Å². The Hall–Kier alpha value is -2.25. The molecule has 1 saturated heterocycles. The summed E-state index contributed by atoms with van der Waals surface area (Å²) in [6, 6.07) is 13.5.